The van der Waals surface area contributed by atoms with Crippen LogP contribution >= 0.6 is 11.6 Å². The molecule has 1 heterocycles. The van der Waals surface area contributed by atoms with Crippen LogP contribution in [0.15, 0.2) is 12.1 Å². The van der Waals surface area contributed by atoms with E-state index in [0.29, 0.717) is 0 Å². The minimum Gasteiger partial charge on any atom is -0.481 e. The second-order valence-corrected chi connectivity index (χ2v) is 4.44. The summed E-state index contributed by atoms with van der Waals surface area (Å²) < 4.78 is 13.7. The molecule has 0 bridgehead atoms. The van der Waals surface area contributed by atoms with Crippen molar-refractivity contribution < 1.29 is 23.9 Å². The molecule has 5 nitrogen and oxygen atoms in total. The number of anilines is 1. The average Bonchev–Trinajstić information content (AvgIpc) is 2.59. The summed E-state index contributed by atoms with van der Waals surface area (Å²) in [6.45, 7) is -0.0405. The van der Waals surface area contributed by atoms with E-state index in [1.165, 1.54) is 6.07 Å². The SMILES string of the molecule is O=C(O)CCCN1C(=O)C(=O)c2c(Cl)ccc(F)c21. The molecule has 0 unspecified atom stereocenters. The molecule has 1 N–H and O–H groups in total. The van der Waals surface area contributed by atoms with E-state index >= 15 is 0 Å². The third kappa shape index (κ3) is 2.31. The summed E-state index contributed by atoms with van der Waals surface area (Å²) in [7, 11) is 0. The molecule has 0 radical (unpaired) electrons. The molecule has 0 atom stereocenters. The quantitative estimate of drug-likeness (QED) is 0.857. The van der Waals surface area contributed by atoms with Gasteiger partial charge in [-0.2, -0.15) is 0 Å². The lowest BCUT2D eigenvalue weighted by Gasteiger charge is -2.16. The minimum absolute atomic E-state index is 0.00971. The maximum atomic E-state index is 13.7. The molecule has 1 aliphatic rings. The van der Waals surface area contributed by atoms with E-state index in [2.05, 4.69) is 0 Å². The van der Waals surface area contributed by atoms with Crippen LogP contribution < -0.4 is 4.90 Å². The zero-order valence-electron chi connectivity index (χ0n) is 9.65. The largest absolute Gasteiger partial charge is 0.481 e. The van der Waals surface area contributed by atoms with Gasteiger partial charge in [-0.25, -0.2) is 4.39 Å². The first kappa shape index (κ1) is 13.5. The molecular weight excluding hydrogens is 277 g/mol. The van der Waals surface area contributed by atoms with Gasteiger partial charge in [0.25, 0.3) is 11.7 Å². The summed E-state index contributed by atoms with van der Waals surface area (Å²) in [6.07, 6.45) is -0.0464. The standard InChI is InChI=1S/C12H9ClFNO4/c13-6-3-4-7(14)10-9(6)11(18)12(19)15(10)5-1-2-8(16)17/h3-4H,1-2,5H2,(H,16,17). The Morgan fingerprint density at radius 2 is 2.05 bits per heavy atom. The van der Waals surface area contributed by atoms with Crippen molar-refractivity contribution in [3.05, 3.63) is 28.5 Å². The van der Waals surface area contributed by atoms with Crippen molar-refractivity contribution in [3.8, 4) is 0 Å². The predicted molar refractivity (Wildman–Crippen MR) is 65.0 cm³/mol. The smallest absolute Gasteiger partial charge is 0.303 e. The number of carbonyl (C=O) groups excluding carboxylic acids is 2. The van der Waals surface area contributed by atoms with Crippen LogP contribution in [0, 0.1) is 5.82 Å². The normalized spacial score (nSPS) is 13.9. The average molecular weight is 286 g/mol. The Hall–Kier alpha value is -1.95. The lowest BCUT2D eigenvalue weighted by molar-refractivity contribution is -0.137. The summed E-state index contributed by atoms with van der Waals surface area (Å²) in [6, 6.07) is 2.28. The zero-order chi connectivity index (χ0) is 14.2. The van der Waals surface area contributed by atoms with Gasteiger partial charge in [-0.1, -0.05) is 11.6 Å². The van der Waals surface area contributed by atoms with Crippen LogP contribution in [0.4, 0.5) is 10.1 Å². The Bertz CT molecular complexity index is 587. The molecule has 0 fully saturated rings. The van der Waals surface area contributed by atoms with Crippen LogP contribution in [0.5, 0.6) is 0 Å². The van der Waals surface area contributed by atoms with Crippen molar-refractivity contribution in [2.24, 2.45) is 0 Å². The number of nitrogens with zero attached hydrogens (tertiary/aromatic N) is 1. The fraction of sp³-hybridized carbons (Fsp3) is 0.250. The molecule has 0 saturated carbocycles. The molecule has 100 valence electrons. The number of fused-ring (bicyclic) bond motifs is 1. The highest BCUT2D eigenvalue weighted by Crippen LogP contribution is 2.36. The Morgan fingerprint density at radius 3 is 2.68 bits per heavy atom. The molecule has 2 rings (SSSR count). The van der Waals surface area contributed by atoms with Crippen LogP contribution in [0.3, 0.4) is 0 Å². The number of benzene rings is 1. The number of hydrogen-bond acceptors (Lipinski definition) is 3. The number of rotatable bonds is 4. The molecule has 1 aromatic rings. The van der Waals surface area contributed by atoms with Crippen molar-refractivity contribution in [2.45, 2.75) is 12.8 Å². The number of Topliss-reactive ketones (excluding diaryl/α,β-unsaturated/α-hetero) is 1. The van der Waals surface area contributed by atoms with Gasteiger partial charge < -0.3 is 10.0 Å². The van der Waals surface area contributed by atoms with Crippen molar-refractivity contribution in [2.75, 3.05) is 11.4 Å². The molecule has 0 aromatic heterocycles. The number of hydrogen-bond donors (Lipinski definition) is 1. The Labute approximate surface area is 112 Å². The van der Waals surface area contributed by atoms with E-state index in [9.17, 15) is 18.8 Å². The highest BCUT2D eigenvalue weighted by atomic mass is 35.5. The van der Waals surface area contributed by atoms with Crippen molar-refractivity contribution in [1.82, 2.24) is 0 Å². The molecule has 1 aliphatic heterocycles. The zero-order valence-corrected chi connectivity index (χ0v) is 10.4. The van der Waals surface area contributed by atoms with Crippen LogP contribution in [0.2, 0.25) is 5.02 Å². The number of amides is 1. The van der Waals surface area contributed by atoms with E-state index in [1.807, 2.05) is 0 Å². The molecular formula is C12H9ClFNO4. The lowest BCUT2D eigenvalue weighted by atomic mass is 10.1. The highest BCUT2D eigenvalue weighted by Gasteiger charge is 2.39. The van der Waals surface area contributed by atoms with Crippen molar-refractivity contribution in [1.29, 1.82) is 0 Å². The van der Waals surface area contributed by atoms with Gasteiger partial charge in [-0.05, 0) is 18.6 Å². The number of aliphatic carboxylic acids is 1. The number of ketones is 1. The van der Waals surface area contributed by atoms with Crippen LogP contribution in [0.1, 0.15) is 23.2 Å². The predicted octanol–water partition coefficient (Wildman–Crippen LogP) is 1.87. The number of carbonyl (C=O) groups is 3. The fourth-order valence-electron chi connectivity index (χ4n) is 1.95. The van der Waals surface area contributed by atoms with Gasteiger partial charge in [0.15, 0.2) is 0 Å². The second kappa shape index (κ2) is 4.97. The molecule has 0 saturated heterocycles. The van der Waals surface area contributed by atoms with Crippen molar-refractivity contribution in [3.63, 3.8) is 0 Å². The van der Waals surface area contributed by atoms with Crippen LogP contribution in [-0.4, -0.2) is 29.3 Å². The maximum absolute atomic E-state index is 13.7. The summed E-state index contributed by atoms with van der Waals surface area (Å²) >= 11 is 5.79. The second-order valence-electron chi connectivity index (χ2n) is 4.04. The first-order valence-electron chi connectivity index (χ1n) is 5.49. The molecule has 1 amide bonds. The molecule has 19 heavy (non-hydrogen) atoms. The Morgan fingerprint density at radius 1 is 1.37 bits per heavy atom. The summed E-state index contributed by atoms with van der Waals surface area (Å²) in [5.41, 5.74) is -0.310. The third-order valence-corrected chi connectivity index (χ3v) is 3.10. The molecule has 0 spiro atoms. The van der Waals surface area contributed by atoms with Gasteiger partial charge in [-0.3, -0.25) is 14.4 Å². The lowest BCUT2D eigenvalue weighted by Crippen LogP contribution is -2.31. The van der Waals surface area contributed by atoms with Gasteiger partial charge in [0.2, 0.25) is 0 Å². The summed E-state index contributed by atoms with van der Waals surface area (Å²) in [5.74, 6) is -3.50. The third-order valence-electron chi connectivity index (χ3n) is 2.79. The van der Waals surface area contributed by atoms with Gasteiger partial charge in [0.05, 0.1) is 16.3 Å². The van der Waals surface area contributed by atoms with Gasteiger partial charge in [0.1, 0.15) is 5.82 Å². The fourth-order valence-corrected chi connectivity index (χ4v) is 2.19. The van der Waals surface area contributed by atoms with E-state index in [1.54, 1.807) is 0 Å². The Kier molecular flexibility index (Phi) is 3.53. The minimum atomic E-state index is -1.02. The maximum Gasteiger partial charge on any atom is 0.303 e. The van der Waals surface area contributed by atoms with Gasteiger partial charge in [0, 0.05) is 13.0 Å². The van der Waals surface area contributed by atoms with Gasteiger partial charge in [-0.15, -0.1) is 0 Å². The van der Waals surface area contributed by atoms with Crippen molar-refractivity contribution >= 4 is 34.9 Å². The highest BCUT2D eigenvalue weighted by molar-refractivity contribution is 6.55. The molecule has 1 aromatic carbocycles. The summed E-state index contributed by atoms with van der Waals surface area (Å²) in [4.78, 5) is 34.8. The first-order chi connectivity index (χ1) is 8.93. The van der Waals surface area contributed by atoms with Gasteiger partial charge >= 0.3 is 5.97 Å². The van der Waals surface area contributed by atoms with Crippen LogP contribution in [-0.2, 0) is 9.59 Å². The van der Waals surface area contributed by atoms with E-state index in [0.717, 1.165) is 11.0 Å². The van der Waals surface area contributed by atoms with E-state index in [4.69, 9.17) is 16.7 Å². The van der Waals surface area contributed by atoms with Crippen LogP contribution in [0.25, 0.3) is 0 Å². The first-order valence-corrected chi connectivity index (χ1v) is 5.87. The molecule has 0 aliphatic carbocycles. The number of carboxylic acid groups (broad SMARTS) is 1. The Balaban J connectivity index is 2.33. The van der Waals surface area contributed by atoms with E-state index < -0.39 is 23.5 Å². The number of halogens is 2. The molecule has 7 heteroatoms. The number of carboxylic acids is 1. The summed E-state index contributed by atoms with van der Waals surface area (Å²) in [5, 5.41) is 8.54. The topological polar surface area (TPSA) is 74.7 Å². The monoisotopic (exact) mass is 285 g/mol. The van der Waals surface area contributed by atoms with E-state index in [-0.39, 0.29) is 35.7 Å².